The Bertz CT molecular complexity index is 280. The van der Waals surface area contributed by atoms with Crippen molar-refractivity contribution in [1.29, 1.82) is 0 Å². The quantitative estimate of drug-likeness (QED) is 0.670. The molecule has 1 saturated heterocycles. The maximum Gasteiger partial charge on any atom is 0.0536 e. The molecular formula is C14H24S2. The van der Waals surface area contributed by atoms with E-state index in [1.54, 1.807) is 0 Å². The molecule has 2 heteroatoms. The Labute approximate surface area is 109 Å². The predicted octanol–water partition coefficient (Wildman–Crippen LogP) is 4.65. The highest BCUT2D eigenvalue weighted by molar-refractivity contribution is 8.17. The Morgan fingerprint density at radius 3 is 2.25 bits per heavy atom. The van der Waals surface area contributed by atoms with Crippen LogP contribution in [-0.4, -0.2) is 16.1 Å². The first-order chi connectivity index (χ1) is 7.56. The zero-order chi connectivity index (χ0) is 11.4. The average Bonchev–Trinajstić information content (AvgIpc) is 2.62. The Kier molecular flexibility index (Phi) is 2.83. The van der Waals surface area contributed by atoms with Gasteiger partial charge in [-0.25, -0.2) is 0 Å². The molecule has 0 spiro atoms. The molecule has 1 unspecified atom stereocenters. The van der Waals surface area contributed by atoms with Gasteiger partial charge in [0.1, 0.15) is 0 Å². The van der Waals surface area contributed by atoms with Gasteiger partial charge in [0, 0.05) is 0 Å². The van der Waals surface area contributed by atoms with Crippen LogP contribution in [0.5, 0.6) is 0 Å². The fraction of sp³-hybridized carbons (Fsp3) is 1.00. The van der Waals surface area contributed by atoms with Crippen LogP contribution < -0.4 is 0 Å². The first-order valence-electron chi connectivity index (χ1n) is 6.79. The van der Waals surface area contributed by atoms with Gasteiger partial charge in [0.25, 0.3) is 0 Å². The van der Waals surface area contributed by atoms with Gasteiger partial charge in [0.15, 0.2) is 0 Å². The third kappa shape index (κ3) is 1.44. The third-order valence-electron chi connectivity index (χ3n) is 6.04. The first-order valence-corrected chi connectivity index (χ1v) is 8.89. The largest absolute Gasteiger partial charge is 0.147 e. The smallest absolute Gasteiger partial charge is 0.0536 e. The fourth-order valence-corrected chi connectivity index (χ4v) is 7.93. The second-order valence-corrected chi connectivity index (χ2v) is 9.48. The van der Waals surface area contributed by atoms with Crippen LogP contribution in [0.15, 0.2) is 0 Å². The van der Waals surface area contributed by atoms with Gasteiger partial charge >= 0.3 is 0 Å². The van der Waals surface area contributed by atoms with E-state index in [-0.39, 0.29) is 0 Å². The van der Waals surface area contributed by atoms with Crippen molar-refractivity contribution >= 4 is 23.5 Å². The summed E-state index contributed by atoms with van der Waals surface area (Å²) >= 11 is 4.52. The van der Waals surface area contributed by atoms with Crippen molar-refractivity contribution in [3.05, 3.63) is 0 Å². The number of rotatable bonds is 1. The lowest BCUT2D eigenvalue weighted by Gasteiger charge is -2.43. The van der Waals surface area contributed by atoms with Crippen LogP contribution in [0.4, 0.5) is 0 Å². The molecule has 1 heterocycles. The van der Waals surface area contributed by atoms with E-state index in [1.807, 2.05) is 0 Å². The monoisotopic (exact) mass is 256 g/mol. The molecule has 3 atom stereocenters. The van der Waals surface area contributed by atoms with Crippen LogP contribution in [0.2, 0.25) is 0 Å². The molecule has 2 saturated carbocycles. The summed E-state index contributed by atoms with van der Waals surface area (Å²) in [4.78, 5) is 0. The summed E-state index contributed by atoms with van der Waals surface area (Å²) in [5, 5.41) is 0. The van der Waals surface area contributed by atoms with Crippen LogP contribution in [0, 0.1) is 22.7 Å². The summed E-state index contributed by atoms with van der Waals surface area (Å²) in [5.41, 5.74) is 1.25. The van der Waals surface area contributed by atoms with Gasteiger partial charge in [0.2, 0.25) is 0 Å². The lowest BCUT2D eigenvalue weighted by atomic mass is 9.67. The van der Waals surface area contributed by atoms with Crippen molar-refractivity contribution in [2.75, 3.05) is 11.5 Å². The second kappa shape index (κ2) is 3.85. The SMILES string of the molecule is CC1(C)[C@@H]2CC[C@]1(C)C(C1SCCCS1)C2. The number of hydrogen-bond donors (Lipinski definition) is 0. The molecule has 0 radical (unpaired) electrons. The van der Waals surface area contributed by atoms with Crippen molar-refractivity contribution in [2.45, 2.75) is 51.0 Å². The first kappa shape index (κ1) is 11.8. The van der Waals surface area contributed by atoms with Crippen molar-refractivity contribution in [1.82, 2.24) is 0 Å². The van der Waals surface area contributed by atoms with Gasteiger partial charge in [-0.05, 0) is 59.9 Å². The number of fused-ring (bicyclic) bond motifs is 2. The molecular weight excluding hydrogens is 232 g/mol. The van der Waals surface area contributed by atoms with Crippen molar-refractivity contribution in [3.63, 3.8) is 0 Å². The van der Waals surface area contributed by atoms with E-state index in [9.17, 15) is 0 Å². The Morgan fingerprint density at radius 2 is 1.75 bits per heavy atom. The molecule has 0 aromatic rings. The van der Waals surface area contributed by atoms with Gasteiger partial charge in [-0.15, -0.1) is 23.5 Å². The highest BCUT2D eigenvalue weighted by Gasteiger charge is 2.62. The lowest BCUT2D eigenvalue weighted by molar-refractivity contribution is 0.110. The standard InChI is InChI=1S/C14H24S2/c1-13(2)10-5-6-14(13,3)11(9-10)12-15-7-4-8-16-12/h10-12H,4-9H2,1-3H3/t10-,11?,14-/m1/s1. The summed E-state index contributed by atoms with van der Waals surface area (Å²) < 4.78 is 0.920. The van der Waals surface area contributed by atoms with Crippen LogP contribution in [0.1, 0.15) is 46.5 Å². The summed E-state index contributed by atoms with van der Waals surface area (Å²) in [6.45, 7) is 7.69. The predicted molar refractivity (Wildman–Crippen MR) is 76.0 cm³/mol. The molecule has 0 aromatic heterocycles. The van der Waals surface area contributed by atoms with E-state index in [0.717, 1.165) is 16.4 Å². The van der Waals surface area contributed by atoms with Crippen LogP contribution in [0.25, 0.3) is 0 Å². The van der Waals surface area contributed by atoms with E-state index in [4.69, 9.17) is 0 Å². The topological polar surface area (TPSA) is 0 Å². The zero-order valence-corrected chi connectivity index (χ0v) is 12.4. The molecule has 0 amide bonds. The second-order valence-electron chi connectivity index (χ2n) is 6.68. The molecule has 0 N–H and O–H groups in total. The van der Waals surface area contributed by atoms with E-state index >= 15 is 0 Å². The minimum Gasteiger partial charge on any atom is -0.147 e. The molecule has 3 fully saturated rings. The summed E-state index contributed by atoms with van der Waals surface area (Å²) in [5.74, 6) is 4.84. The molecule has 92 valence electrons. The molecule has 3 aliphatic rings. The Morgan fingerprint density at radius 1 is 1.06 bits per heavy atom. The van der Waals surface area contributed by atoms with Crippen LogP contribution in [0.3, 0.4) is 0 Å². The van der Waals surface area contributed by atoms with E-state index < -0.39 is 0 Å². The highest BCUT2D eigenvalue weighted by Crippen LogP contribution is 2.70. The van der Waals surface area contributed by atoms with E-state index in [2.05, 4.69) is 44.3 Å². The lowest BCUT2D eigenvalue weighted by Crippen LogP contribution is -2.37. The Hall–Kier alpha value is 0.700. The molecule has 0 nitrogen and oxygen atoms in total. The molecule has 2 aliphatic carbocycles. The van der Waals surface area contributed by atoms with Crippen LogP contribution >= 0.6 is 23.5 Å². The minimum absolute atomic E-state index is 0.607. The maximum absolute atomic E-state index is 2.60. The Balaban J connectivity index is 1.83. The minimum atomic E-state index is 0.607. The molecule has 3 rings (SSSR count). The molecule has 1 aliphatic heterocycles. The van der Waals surface area contributed by atoms with Crippen molar-refractivity contribution < 1.29 is 0 Å². The van der Waals surface area contributed by atoms with Gasteiger partial charge in [0.05, 0.1) is 4.58 Å². The van der Waals surface area contributed by atoms with Crippen LogP contribution in [-0.2, 0) is 0 Å². The van der Waals surface area contributed by atoms with Gasteiger partial charge in [-0.3, -0.25) is 0 Å². The van der Waals surface area contributed by atoms with E-state index in [0.29, 0.717) is 10.8 Å². The molecule has 16 heavy (non-hydrogen) atoms. The third-order valence-corrected chi connectivity index (χ3v) is 9.22. The molecule has 2 bridgehead atoms. The summed E-state index contributed by atoms with van der Waals surface area (Å²) in [7, 11) is 0. The van der Waals surface area contributed by atoms with Gasteiger partial charge in [-0.1, -0.05) is 20.8 Å². The van der Waals surface area contributed by atoms with E-state index in [1.165, 1.54) is 37.2 Å². The normalized spacial score (nSPS) is 47.4. The summed E-state index contributed by atoms with van der Waals surface area (Å²) in [6, 6.07) is 0. The van der Waals surface area contributed by atoms with Gasteiger partial charge < -0.3 is 0 Å². The maximum atomic E-state index is 2.60. The zero-order valence-electron chi connectivity index (χ0n) is 10.8. The fourth-order valence-electron chi connectivity index (χ4n) is 4.42. The highest BCUT2D eigenvalue weighted by atomic mass is 32.2. The summed E-state index contributed by atoms with van der Waals surface area (Å²) in [6.07, 6.45) is 5.95. The number of thioether (sulfide) groups is 2. The molecule has 0 aromatic carbocycles. The number of hydrogen-bond acceptors (Lipinski definition) is 2. The average molecular weight is 256 g/mol. The van der Waals surface area contributed by atoms with Crippen molar-refractivity contribution in [2.24, 2.45) is 22.7 Å². The van der Waals surface area contributed by atoms with Gasteiger partial charge in [-0.2, -0.15) is 0 Å². The van der Waals surface area contributed by atoms with Crippen molar-refractivity contribution in [3.8, 4) is 0 Å².